The maximum Gasteiger partial charge on any atom is 0.351 e. The Morgan fingerprint density at radius 1 is 0.926 bits per heavy atom. The van der Waals surface area contributed by atoms with Crippen LogP contribution in [0.2, 0.25) is 0 Å². The molecule has 2 rings (SSSR count). The number of unbranched alkanes of at least 4 members (excludes halogenated alkanes) is 6. The molecule has 1 N–H and O–H groups in total. The van der Waals surface area contributed by atoms with Crippen LogP contribution in [-0.2, 0) is 4.79 Å². The molecule has 27 heavy (non-hydrogen) atoms. The fraction of sp³-hybridized carbons (Fsp3) is 0.500. The first-order valence-electron chi connectivity index (χ1n) is 9.84. The van der Waals surface area contributed by atoms with Gasteiger partial charge in [-0.25, -0.2) is 4.79 Å². The predicted octanol–water partition coefficient (Wildman–Crippen LogP) is 5.17. The largest absolute Gasteiger partial charge is 0.506 e. The summed E-state index contributed by atoms with van der Waals surface area (Å²) in [6.45, 7) is 2.18. The number of benzene rings is 1. The zero-order valence-electron chi connectivity index (χ0n) is 16.0. The molecule has 146 valence electrons. The monoisotopic (exact) mass is 372 g/mol. The van der Waals surface area contributed by atoms with Crippen molar-refractivity contribution in [3.05, 3.63) is 40.2 Å². The maximum absolute atomic E-state index is 12.3. The highest BCUT2D eigenvalue weighted by Gasteiger charge is 2.21. The highest BCUT2D eigenvalue weighted by molar-refractivity contribution is 6.03. The fourth-order valence-electron chi connectivity index (χ4n) is 3.16. The Hall–Kier alpha value is -2.43. The van der Waals surface area contributed by atoms with Crippen molar-refractivity contribution in [1.29, 1.82) is 0 Å². The van der Waals surface area contributed by atoms with Crippen LogP contribution in [0.4, 0.5) is 0 Å². The number of hydrogen-bond acceptors (Lipinski definition) is 5. The van der Waals surface area contributed by atoms with Crippen molar-refractivity contribution >= 4 is 22.5 Å². The van der Waals surface area contributed by atoms with Gasteiger partial charge in [-0.1, -0.05) is 57.6 Å². The van der Waals surface area contributed by atoms with Gasteiger partial charge in [-0.15, -0.1) is 0 Å². The number of rotatable bonds is 12. The normalized spacial score (nSPS) is 11.0. The molecule has 1 heterocycles. The van der Waals surface area contributed by atoms with Gasteiger partial charge < -0.3 is 9.52 Å². The third kappa shape index (κ3) is 6.05. The minimum absolute atomic E-state index is 0.0153. The molecule has 5 nitrogen and oxygen atoms in total. The zero-order chi connectivity index (χ0) is 19.6. The van der Waals surface area contributed by atoms with E-state index in [2.05, 4.69) is 6.92 Å². The van der Waals surface area contributed by atoms with Crippen LogP contribution in [0.25, 0.3) is 11.0 Å². The Morgan fingerprint density at radius 2 is 1.59 bits per heavy atom. The summed E-state index contributed by atoms with van der Waals surface area (Å²) in [5, 5.41) is 10.6. The van der Waals surface area contributed by atoms with Gasteiger partial charge in [-0.3, -0.25) is 9.59 Å². The van der Waals surface area contributed by atoms with E-state index < -0.39 is 11.4 Å². The van der Waals surface area contributed by atoms with E-state index in [1.54, 1.807) is 24.3 Å². The third-order valence-electron chi connectivity index (χ3n) is 4.75. The van der Waals surface area contributed by atoms with E-state index in [1.807, 2.05) is 0 Å². The summed E-state index contributed by atoms with van der Waals surface area (Å²) in [6, 6.07) is 6.49. The molecule has 0 saturated carbocycles. The SMILES string of the molecule is CCCCCCCCCC(=O)CCC(=O)c1c(O)c2ccccc2oc1=O. The minimum atomic E-state index is -0.865. The van der Waals surface area contributed by atoms with Gasteiger partial charge in [0.15, 0.2) is 5.78 Å². The Labute approximate surface area is 159 Å². The lowest BCUT2D eigenvalue weighted by molar-refractivity contribution is -0.119. The van der Waals surface area contributed by atoms with Crippen molar-refractivity contribution in [2.24, 2.45) is 0 Å². The zero-order valence-corrected chi connectivity index (χ0v) is 16.0. The Bertz CT molecular complexity index is 834. The van der Waals surface area contributed by atoms with Crippen LogP contribution < -0.4 is 5.63 Å². The van der Waals surface area contributed by atoms with Crippen LogP contribution in [0, 0.1) is 0 Å². The molecule has 0 aliphatic heterocycles. The van der Waals surface area contributed by atoms with Crippen LogP contribution in [-0.4, -0.2) is 16.7 Å². The molecule has 1 aromatic heterocycles. The summed E-state index contributed by atoms with van der Waals surface area (Å²) in [4.78, 5) is 36.3. The smallest absolute Gasteiger partial charge is 0.351 e. The molecule has 0 spiro atoms. The molecule has 0 amide bonds. The summed E-state index contributed by atoms with van der Waals surface area (Å²) < 4.78 is 5.10. The summed E-state index contributed by atoms with van der Waals surface area (Å²) in [6.07, 6.45) is 8.38. The predicted molar refractivity (Wildman–Crippen MR) is 105 cm³/mol. The molecule has 0 radical (unpaired) electrons. The molecular formula is C22H28O5. The van der Waals surface area contributed by atoms with Gasteiger partial charge in [0.1, 0.15) is 22.7 Å². The third-order valence-corrected chi connectivity index (χ3v) is 4.75. The second-order valence-electron chi connectivity index (χ2n) is 6.94. The van der Waals surface area contributed by atoms with Crippen molar-refractivity contribution in [3.8, 4) is 5.75 Å². The van der Waals surface area contributed by atoms with E-state index in [1.165, 1.54) is 25.7 Å². The van der Waals surface area contributed by atoms with Crippen molar-refractivity contribution in [3.63, 3.8) is 0 Å². The molecule has 0 aliphatic rings. The lowest BCUT2D eigenvalue weighted by atomic mass is 10.0. The molecule has 0 unspecified atom stereocenters. The quantitative estimate of drug-likeness (QED) is 0.315. The van der Waals surface area contributed by atoms with E-state index in [0.29, 0.717) is 11.8 Å². The van der Waals surface area contributed by atoms with Crippen molar-refractivity contribution in [1.82, 2.24) is 0 Å². The van der Waals surface area contributed by atoms with Crippen molar-refractivity contribution < 1.29 is 19.1 Å². The first-order chi connectivity index (χ1) is 13.0. The topological polar surface area (TPSA) is 84.6 Å². The van der Waals surface area contributed by atoms with Crippen molar-refractivity contribution in [2.45, 2.75) is 71.1 Å². The van der Waals surface area contributed by atoms with Gasteiger partial charge in [-0.05, 0) is 18.6 Å². The molecular weight excluding hydrogens is 344 g/mol. The van der Waals surface area contributed by atoms with Gasteiger partial charge in [0.05, 0.1) is 5.39 Å². The molecule has 1 aromatic carbocycles. The number of para-hydroxylation sites is 1. The van der Waals surface area contributed by atoms with Gasteiger partial charge >= 0.3 is 5.63 Å². The van der Waals surface area contributed by atoms with Crippen molar-refractivity contribution in [2.75, 3.05) is 0 Å². The van der Waals surface area contributed by atoms with E-state index in [-0.39, 0.29) is 35.5 Å². The number of carbonyl (C=O) groups excluding carboxylic acids is 2. The van der Waals surface area contributed by atoms with Gasteiger partial charge in [0.2, 0.25) is 0 Å². The minimum Gasteiger partial charge on any atom is -0.506 e. The summed E-state index contributed by atoms with van der Waals surface area (Å²) in [5.74, 6) is -0.909. The number of hydrogen-bond donors (Lipinski definition) is 1. The Kier molecular flexibility index (Phi) is 8.24. The van der Waals surface area contributed by atoms with Gasteiger partial charge in [0.25, 0.3) is 0 Å². The molecule has 0 aliphatic carbocycles. The van der Waals surface area contributed by atoms with E-state index in [4.69, 9.17) is 4.42 Å². The van der Waals surface area contributed by atoms with Crippen LogP contribution in [0.5, 0.6) is 5.75 Å². The number of ketones is 2. The first-order valence-corrected chi connectivity index (χ1v) is 9.84. The molecule has 0 fully saturated rings. The average molecular weight is 372 g/mol. The number of aromatic hydroxyl groups is 1. The van der Waals surface area contributed by atoms with Crippen LogP contribution >= 0.6 is 0 Å². The van der Waals surface area contributed by atoms with Crippen LogP contribution in [0.15, 0.2) is 33.5 Å². The lowest BCUT2D eigenvalue weighted by Crippen LogP contribution is -2.15. The number of carbonyl (C=O) groups is 2. The van der Waals surface area contributed by atoms with Gasteiger partial charge in [-0.2, -0.15) is 0 Å². The van der Waals surface area contributed by atoms with Crippen LogP contribution in [0.3, 0.4) is 0 Å². The van der Waals surface area contributed by atoms with E-state index in [0.717, 1.165) is 19.3 Å². The molecule has 2 aromatic rings. The summed E-state index contributed by atoms with van der Waals surface area (Å²) >= 11 is 0. The van der Waals surface area contributed by atoms with E-state index in [9.17, 15) is 19.5 Å². The number of Topliss-reactive ketones (excluding diaryl/α,β-unsaturated/α-hetero) is 2. The van der Waals surface area contributed by atoms with Crippen LogP contribution in [0.1, 0.15) is 81.5 Å². The molecule has 0 bridgehead atoms. The lowest BCUT2D eigenvalue weighted by Gasteiger charge is -2.05. The first kappa shape index (κ1) is 20.9. The Morgan fingerprint density at radius 3 is 2.33 bits per heavy atom. The molecule has 0 saturated heterocycles. The molecule has 0 atom stereocenters. The van der Waals surface area contributed by atoms with Gasteiger partial charge in [0, 0.05) is 19.3 Å². The Balaban J connectivity index is 1.83. The summed E-state index contributed by atoms with van der Waals surface area (Å²) in [7, 11) is 0. The highest BCUT2D eigenvalue weighted by Crippen LogP contribution is 2.27. The molecule has 5 heteroatoms. The van der Waals surface area contributed by atoms with E-state index >= 15 is 0 Å². The number of fused-ring (bicyclic) bond motifs is 1. The summed E-state index contributed by atoms with van der Waals surface area (Å²) in [5.41, 5.74) is -1.00. The fourth-order valence-corrected chi connectivity index (χ4v) is 3.16. The average Bonchev–Trinajstić information content (AvgIpc) is 2.65. The maximum atomic E-state index is 12.3. The standard InChI is InChI=1S/C22H28O5/c1-2-3-4-5-6-7-8-11-16(23)14-15-18(24)20-21(25)17-12-9-10-13-19(17)27-22(20)26/h9-10,12-13,25H,2-8,11,14-15H2,1H3. The highest BCUT2D eigenvalue weighted by atomic mass is 16.4. The second kappa shape index (κ2) is 10.7. The second-order valence-corrected chi connectivity index (χ2v) is 6.94.